The van der Waals surface area contributed by atoms with Crippen LogP contribution in [0.15, 0.2) is 36.7 Å². The van der Waals surface area contributed by atoms with E-state index >= 15 is 0 Å². The highest BCUT2D eigenvalue weighted by Gasteiger charge is 2.58. The van der Waals surface area contributed by atoms with Crippen LogP contribution in [0, 0.1) is 35.4 Å². The monoisotopic (exact) mass is 829 g/mol. The Morgan fingerprint density at radius 1 is 0.931 bits per heavy atom. The van der Waals surface area contributed by atoms with Gasteiger partial charge in [-0.3, -0.25) is 9.05 Å². The Kier molecular flexibility index (Phi) is 20.1. The van der Waals surface area contributed by atoms with Crippen molar-refractivity contribution in [1.82, 2.24) is 14.6 Å². The molecule has 0 amide bonds. The summed E-state index contributed by atoms with van der Waals surface area (Å²) in [5.74, 6) is -0.695. The van der Waals surface area contributed by atoms with E-state index in [2.05, 4.69) is 17.0 Å². The Morgan fingerprint density at radius 3 is 2.17 bits per heavy atom. The molecule has 4 rings (SSSR count). The zero-order valence-electron chi connectivity index (χ0n) is 34.0. The van der Waals surface area contributed by atoms with Gasteiger partial charge in [0.1, 0.15) is 48.7 Å². The highest BCUT2D eigenvalue weighted by Crippen LogP contribution is 2.46. The zero-order chi connectivity index (χ0) is 41.8. The fourth-order valence-corrected chi connectivity index (χ4v) is 7.87. The Morgan fingerprint density at radius 2 is 1.57 bits per heavy atom. The molecule has 16 heteroatoms. The molecule has 3 heterocycles. The van der Waals surface area contributed by atoms with E-state index in [9.17, 15) is 29.3 Å². The zero-order valence-corrected chi connectivity index (χ0v) is 34.9. The van der Waals surface area contributed by atoms with E-state index in [1.165, 1.54) is 113 Å². The molecular weight excluding hydrogens is 768 g/mol. The van der Waals surface area contributed by atoms with E-state index in [0.717, 1.165) is 19.3 Å². The van der Waals surface area contributed by atoms with Gasteiger partial charge in [0.05, 0.1) is 48.9 Å². The average molecular weight is 830 g/mol. The number of hydrogen-bond acceptors (Lipinski definition) is 12. The van der Waals surface area contributed by atoms with Crippen LogP contribution in [-0.4, -0.2) is 80.5 Å². The molecule has 1 fully saturated rings. The topological polar surface area (TPSA) is 202 Å². The number of aromatic nitrogens is 3. The van der Waals surface area contributed by atoms with Crippen LogP contribution in [0.4, 0.5) is 4.39 Å². The van der Waals surface area contributed by atoms with Gasteiger partial charge in [-0.05, 0) is 43.2 Å². The van der Waals surface area contributed by atoms with Crippen LogP contribution < -0.4 is 0 Å². The van der Waals surface area contributed by atoms with E-state index in [1.807, 2.05) is 6.07 Å². The predicted molar refractivity (Wildman–Crippen MR) is 214 cm³/mol. The minimum atomic E-state index is -4.81. The number of nitriles is 2. The van der Waals surface area contributed by atoms with Gasteiger partial charge in [0.2, 0.25) is 5.60 Å². The molecule has 0 aliphatic carbocycles. The first-order valence-corrected chi connectivity index (χ1v) is 22.3. The molecule has 0 saturated carbocycles. The van der Waals surface area contributed by atoms with Crippen molar-refractivity contribution in [2.24, 2.45) is 0 Å². The first-order chi connectivity index (χ1) is 28.0. The normalized spacial score (nSPS) is 20.9. The van der Waals surface area contributed by atoms with Crippen molar-refractivity contribution in [3.8, 4) is 12.1 Å². The maximum Gasteiger partial charge on any atom is 0.472 e. The van der Waals surface area contributed by atoms with Crippen LogP contribution in [0.3, 0.4) is 0 Å². The van der Waals surface area contributed by atoms with Crippen LogP contribution in [0.25, 0.3) is 5.52 Å². The number of benzene rings is 1. The molecule has 1 aliphatic rings. The van der Waals surface area contributed by atoms with Crippen molar-refractivity contribution in [3.63, 3.8) is 0 Å². The third-order valence-corrected chi connectivity index (χ3v) is 11.5. The number of fused-ring (bicyclic) bond motifs is 1. The van der Waals surface area contributed by atoms with Crippen molar-refractivity contribution in [1.29, 1.82) is 10.5 Å². The Bertz CT molecular complexity index is 1820. The molecule has 3 aromatic rings. The maximum atomic E-state index is 14.2. The Hall–Kier alpha value is -3.34. The van der Waals surface area contributed by atoms with Gasteiger partial charge in [-0.15, -0.1) is 0 Å². The van der Waals surface area contributed by atoms with E-state index in [-0.39, 0.29) is 24.5 Å². The first kappa shape index (κ1) is 47.3. The number of aliphatic hydroxyl groups excluding tert-OH is 2. The summed E-state index contributed by atoms with van der Waals surface area (Å²) in [6.45, 7) is 3.20. The average Bonchev–Trinajstić information content (AvgIpc) is 3.76. The van der Waals surface area contributed by atoms with Gasteiger partial charge in [0, 0.05) is 6.61 Å². The Labute approximate surface area is 341 Å². The van der Waals surface area contributed by atoms with Crippen LogP contribution >= 0.6 is 7.82 Å². The van der Waals surface area contributed by atoms with Gasteiger partial charge in [-0.1, -0.05) is 109 Å². The summed E-state index contributed by atoms with van der Waals surface area (Å²) >= 11 is 0. The van der Waals surface area contributed by atoms with Crippen molar-refractivity contribution in [2.75, 3.05) is 26.4 Å². The number of phosphoric acid groups is 1. The van der Waals surface area contributed by atoms with E-state index < -0.39 is 56.9 Å². The van der Waals surface area contributed by atoms with E-state index in [1.54, 1.807) is 25.1 Å². The van der Waals surface area contributed by atoms with E-state index in [0.29, 0.717) is 23.4 Å². The van der Waals surface area contributed by atoms with Crippen LogP contribution in [0.1, 0.15) is 132 Å². The van der Waals surface area contributed by atoms with Crippen molar-refractivity contribution in [2.45, 2.75) is 153 Å². The summed E-state index contributed by atoms with van der Waals surface area (Å²) in [5, 5.41) is 45.2. The van der Waals surface area contributed by atoms with Gasteiger partial charge in [0.15, 0.2) is 0 Å². The third kappa shape index (κ3) is 14.1. The molecule has 0 radical (unpaired) electrons. The number of nitrogens with zero attached hydrogens (tertiary/aromatic N) is 5. The van der Waals surface area contributed by atoms with Crippen molar-refractivity contribution in [3.05, 3.63) is 65.0 Å². The molecule has 6 atom stereocenters. The molecule has 1 unspecified atom stereocenters. The summed E-state index contributed by atoms with van der Waals surface area (Å²) in [7, 11) is -4.81. The van der Waals surface area contributed by atoms with Crippen LogP contribution in [-0.2, 0) is 40.0 Å². The lowest BCUT2D eigenvalue weighted by atomic mass is 9.92. The lowest BCUT2D eigenvalue weighted by Gasteiger charge is -2.24. The second-order valence-electron chi connectivity index (χ2n) is 15.1. The second-order valence-corrected chi connectivity index (χ2v) is 16.6. The highest BCUT2D eigenvalue weighted by atomic mass is 31.2. The quantitative estimate of drug-likeness (QED) is 0.0451. The number of phosphoric ester groups is 1. The molecule has 1 saturated heterocycles. The lowest BCUT2D eigenvalue weighted by Crippen LogP contribution is -2.41. The van der Waals surface area contributed by atoms with Gasteiger partial charge < -0.3 is 29.3 Å². The molecule has 0 spiro atoms. The predicted octanol–water partition coefficient (Wildman–Crippen LogP) is 7.89. The number of aryl methyl sites for hydroxylation is 1. The molecule has 1 aromatic carbocycles. The largest absolute Gasteiger partial charge is 0.472 e. The van der Waals surface area contributed by atoms with Crippen LogP contribution in [0.2, 0.25) is 0 Å². The van der Waals surface area contributed by atoms with Gasteiger partial charge in [0.25, 0.3) is 0 Å². The van der Waals surface area contributed by atoms with E-state index in [4.69, 9.17) is 28.5 Å². The molecule has 14 nitrogen and oxygen atoms in total. The van der Waals surface area contributed by atoms with Crippen molar-refractivity contribution >= 4 is 13.3 Å². The molecule has 3 N–H and O–H groups in total. The smallest absolute Gasteiger partial charge is 0.387 e. The highest BCUT2D eigenvalue weighted by molar-refractivity contribution is 7.47. The van der Waals surface area contributed by atoms with Crippen LogP contribution in [0.5, 0.6) is 0 Å². The number of ether oxygens (including phenoxy) is 3. The number of rotatable bonds is 29. The summed E-state index contributed by atoms with van der Waals surface area (Å²) in [4.78, 5) is 14.7. The van der Waals surface area contributed by atoms with Gasteiger partial charge in [-0.25, -0.2) is 18.5 Å². The fraction of sp³-hybridized carbons (Fsp3) is 0.667. The third-order valence-electron chi connectivity index (χ3n) is 10.6. The first-order valence-electron chi connectivity index (χ1n) is 20.8. The minimum Gasteiger partial charge on any atom is -0.387 e. The molecule has 1 aliphatic heterocycles. The number of halogens is 1. The Balaban J connectivity index is 1.20. The number of aliphatic hydroxyl groups is 2. The molecule has 2 aromatic heterocycles. The fourth-order valence-electron chi connectivity index (χ4n) is 7.10. The van der Waals surface area contributed by atoms with Gasteiger partial charge in [-0.2, -0.15) is 15.6 Å². The standard InChI is InChI=1S/C42H61FN5O9P/c1-3-4-5-6-7-8-9-10-11-12-13-14-15-16-17-18-23-53-27-35(54-26-33-19-20-34(25-44)36(43)24-33)28-55-58(51,52)56-29-38-40(49)41(50)42(30-45,57-38)39-22-21-37-32(2)46-31-47-48(37)39/h19-22,24,31,35,38,40-41,49-50H,3-18,23,26-29H2,1-2H3,(H,51,52)/t35-,38-,40-,41-,42+/m1/s1. The number of unbranched alkanes of at least 4 members (excludes halogenated alkanes) is 15. The summed E-state index contributed by atoms with van der Waals surface area (Å²) in [6, 6.07) is 10.9. The van der Waals surface area contributed by atoms with Gasteiger partial charge >= 0.3 is 7.82 Å². The molecule has 58 heavy (non-hydrogen) atoms. The molecule has 0 bridgehead atoms. The minimum absolute atomic E-state index is 0.00708. The molecule has 320 valence electrons. The molecular formula is C42H61FN5O9P. The second kappa shape index (κ2) is 24.7. The maximum absolute atomic E-state index is 14.2. The summed E-state index contributed by atoms with van der Waals surface area (Å²) < 4.78 is 56.6. The SMILES string of the molecule is CCCCCCCCCCCCCCCCCCOC[C@H](COP(=O)(O)OC[C@H]1O[C@@](C#N)(c2ccc3c(C)ncnn23)[C@H](O)[C@@H]1O)OCc1ccc(C#N)c(F)c1. The number of hydrogen-bond donors (Lipinski definition) is 3. The summed E-state index contributed by atoms with van der Waals surface area (Å²) in [6.07, 6.45) is 15.7. The lowest BCUT2D eigenvalue weighted by molar-refractivity contribution is -0.0690. The van der Waals surface area contributed by atoms with Crippen molar-refractivity contribution < 1.29 is 47.3 Å². The summed E-state index contributed by atoms with van der Waals surface area (Å²) in [5.41, 5.74) is -0.445.